The molecule has 0 unspecified atom stereocenters. The Hall–Kier alpha value is -2.61. The van der Waals surface area contributed by atoms with Crippen molar-refractivity contribution in [2.75, 3.05) is 20.3 Å². The molecule has 6 rings (SSSR count). The molecular weight excluding hydrogens is 506 g/mol. The Morgan fingerprint density at radius 1 is 1.10 bits per heavy atom. The van der Waals surface area contributed by atoms with Crippen LogP contribution in [0, 0.1) is 23.7 Å². The van der Waals surface area contributed by atoms with Gasteiger partial charge in [-0.3, -0.25) is 4.90 Å². The zero-order chi connectivity index (χ0) is 27.8. The van der Waals surface area contributed by atoms with Crippen molar-refractivity contribution in [2.24, 2.45) is 23.7 Å². The van der Waals surface area contributed by atoms with E-state index in [2.05, 4.69) is 48.2 Å². The number of ether oxygens (including phenoxy) is 3. The van der Waals surface area contributed by atoms with Crippen LogP contribution in [-0.2, 0) is 25.4 Å². The highest BCUT2D eigenvalue weighted by molar-refractivity contribution is 5.94. The number of hydrogen-bond acceptors (Lipinski definition) is 7. The van der Waals surface area contributed by atoms with Crippen LogP contribution in [0.25, 0.3) is 0 Å². The minimum Gasteiger partial charge on any atom is -0.492 e. The molecule has 2 saturated heterocycles. The Balaban J connectivity index is 1.33. The number of benzene rings is 1. The van der Waals surface area contributed by atoms with E-state index in [0.29, 0.717) is 23.4 Å². The number of methoxy groups -OCH3 is 1. The molecular formula is C33H43NO6. The van der Waals surface area contributed by atoms with Gasteiger partial charge in [-0.15, -0.1) is 0 Å². The molecule has 2 N–H and O–H groups in total. The van der Waals surface area contributed by atoms with E-state index in [1.807, 2.05) is 0 Å². The second-order valence-electron chi connectivity index (χ2n) is 12.4. The monoisotopic (exact) mass is 549 g/mol. The number of rotatable bonds is 7. The molecule has 5 aliphatic rings. The molecule has 0 amide bonds. The van der Waals surface area contributed by atoms with Crippen molar-refractivity contribution in [3.05, 3.63) is 70.6 Å². The van der Waals surface area contributed by atoms with Gasteiger partial charge in [-0.2, -0.15) is 0 Å². The highest BCUT2D eigenvalue weighted by Gasteiger charge is 2.51. The standard InChI is InChI=1S/C33H43NO6/c1-20-29-26-17-23(15-21-9-4-3-5-10-21)16-25(27(36)18-22-11-6-7-12-22)34(26)14-8-13-28(29)39-30(20)32-31(38-2)24(19-35)33(37)40-32/h3-5,9-10,13,20,22-23,25-27,29,35-36H,6-8,11-12,14-19H2,1-2H3/t20-,23+,25-,26-,27-,29+/m0/s1. The highest BCUT2D eigenvalue weighted by Crippen LogP contribution is 2.50. The van der Waals surface area contributed by atoms with Crippen molar-refractivity contribution < 1.29 is 29.2 Å². The summed E-state index contributed by atoms with van der Waals surface area (Å²) in [6.45, 7) is 2.60. The maximum atomic E-state index is 12.5. The average Bonchev–Trinajstić information content (AvgIpc) is 3.63. The molecule has 40 heavy (non-hydrogen) atoms. The summed E-state index contributed by atoms with van der Waals surface area (Å²) in [4.78, 5) is 15.1. The fourth-order valence-corrected chi connectivity index (χ4v) is 8.17. The number of carbonyl (C=O) groups is 1. The second-order valence-corrected chi connectivity index (χ2v) is 12.4. The largest absolute Gasteiger partial charge is 0.492 e. The van der Waals surface area contributed by atoms with Gasteiger partial charge in [0.05, 0.1) is 19.8 Å². The summed E-state index contributed by atoms with van der Waals surface area (Å²) in [5, 5.41) is 21.5. The molecule has 4 aliphatic heterocycles. The Bertz CT molecular complexity index is 1180. The summed E-state index contributed by atoms with van der Waals surface area (Å²) in [6, 6.07) is 11.0. The first-order chi connectivity index (χ1) is 19.5. The number of hydrogen-bond donors (Lipinski definition) is 2. The maximum absolute atomic E-state index is 12.5. The number of esters is 1. The molecule has 216 valence electrons. The third kappa shape index (κ3) is 5.12. The van der Waals surface area contributed by atoms with Gasteiger partial charge in [0.15, 0.2) is 11.5 Å². The van der Waals surface area contributed by atoms with Crippen molar-refractivity contribution in [3.63, 3.8) is 0 Å². The molecule has 7 nitrogen and oxygen atoms in total. The fraction of sp³-hybridized carbons (Fsp3) is 0.606. The summed E-state index contributed by atoms with van der Waals surface area (Å²) in [7, 11) is 1.48. The summed E-state index contributed by atoms with van der Waals surface area (Å²) < 4.78 is 17.6. The Labute approximate surface area is 237 Å². The SMILES string of the molecule is COC1=C(CO)C(=O)OC1=C1OC2=CCCN3[C@@H](C[C@H](Cc4ccccc4)C[C@H]3[C@@H](O)CC3CCCC3)[C@H]2[C@@H]1C. The van der Waals surface area contributed by atoms with Gasteiger partial charge in [0.2, 0.25) is 5.76 Å². The van der Waals surface area contributed by atoms with Crippen molar-refractivity contribution in [1.29, 1.82) is 0 Å². The topological polar surface area (TPSA) is 88.5 Å². The van der Waals surface area contributed by atoms with E-state index in [9.17, 15) is 15.0 Å². The second kappa shape index (κ2) is 11.7. The number of fused-ring (bicyclic) bond motifs is 3. The summed E-state index contributed by atoms with van der Waals surface area (Å²) >= 11 is 0. The molecule has 3 fully saturated rings. The smallest absolute Gasteiger partial charge is 0.345 e. The first-order valence-corrected chi connectivity index (χ1v) is 15.2. The maximum Gasteiger partial charge on any atom is 0.345 e. The highest BCUT2D eigenvalue weighted by atomic mass is 16.6. The Kier molecular flexibility index (Phi) is 8.07. The van der Waals surface area contributed by atoms with Gasteiger partial charge in [0.1, 0.15) is 11.3 Å². The average molecular weight is 550 g/mol. The lowest BCUT2D eigenvalue weighted by Gasteiger charge is -2.49. The lowest BCUT2D eigenvalue weighted by molar-refractivity contribution is -0.133. The fourth-order valence-electron chi connectivity index (χ4n) is 8.17. The van der Waals surface area contributed by atoms with Crippen molar-refractivity contribution in [2.45, 2.75) is 82.9 Å². The zero-order valence-electron chi connectivity index (χ0n) is 23.8. The van der Waals surface area contributed by atoms with Crippen LogP contribution < -0.4 is 0 Å². The van der Waals surface area contributed by atoms with E-state index in [1.54, 1.807) is 0 Å². The van der Waals surface area contributed by atoms with E-state index in [-0.39, 0.29) is 41.4 Å². The summed E-state index contributed by atoms with van der Waals surface area (Å²) in [5.74, 6) is 2.61. The number of allylic oxidation sites excluding steroid dienone is 1. The van der Waals surface area contributed by atoms with Crippen LogP contribution in [0.2, 0.25) is 0 Å². The molecule has 7 heteroatoms. The summed E-state index contributed by atoms with van der Waals surface area (Å²) in [5.41, 5.74) is 1.47. The normalized spacial score (nSPS) is 33.6. The van der Waals surface area contributed by atoms with Gasteiger partial charge in [0, 0.05) is 30.5 Å². The zero-order valence-corrected chi connectivity index (χ0v) is 23.8. The third-order valence-corrected chi connectivity index (χ3v) is 10.0. The van der Waals surface area contributed by atoms with Gasteiger partial charge in [-0.05, 0) is 55.6 Å². The number of aliphatic hydroxyl groups is 2. The van der Waals surface area contributed by atoms with Gasteiger partial charge in [-0.1, -0.05) is 62.9 Å². The molecule has 0 radical (unpaired) electrons. The molecule has 6 atom stereocenters. The molecule has 0 aromatic heterocycles. The van der Waals surface area contributed by atoms with Gasteiger partial charge in [0.25, 0.3) is 0 Å². The lowest BCUT2D eigenvalue weighted by Crippen LogP contribution is -2.57. The number of aliphatic hydroxyl groups excluding tert-OH is 2. The van der Waals surface area contributed by atoms with E-state index in [4.69, 9.17) is 14.2 Å². The van der Waals surface area contributed by atoms with Crippen LogP contribution in [0.3, 0.4) is 0 Å². The minimum absolute atomic E-state index is 0.0501. The van der Waals surface area contributed by atoms with E-state index < -0.39 is 12.6 Å². The van der Waals surface area contributed by atoms with E-state index >= 15 is 0 Å². The first-order valence-electron chi connectivity index (χ1n) is 15.2. The number of cyclic esters (lactones) is 1. The van der Waals surface area contributed by atoms with Gasteiger partial charge in [-0.25, -0.2) is 4.79 Å². The van der Waals surface area contributed by atoms with Crippen molar-refractivity contribution in [1.82, 2.24) is 4.90 Å². The molecule has 4 heterocycles. The van der Waals surface area contributed by atoms with Crippen LogP contribution in [0.4, 0.5) is 0 Å². The Morgan fingerprint density at radius 2 is 1.88 bits per heavy atom. The van der Waals surface area contributed by atoms with Crippen molar-refractivity contribution in [3.8, 4) is 0 Å². The van der Waals surface area contributed by atoms with Crippen molar-refractivity contribution >= 4 is 5.97 Å². The van der Waals surface area contributed by atoms with Crippen LogP contribution in [-0.4, -0.2) is 59.5 Å². The molecule has 1 aromatic rings. The molecule has 0 spiro atoms. The predicted octanol–water partition coefficient (Wildman–Crippen LogP) is 4.85. The first kappa shape index (κ1) is 27.6. The number of nitrogens with zero attached hydrogens (tertiary/aromatic N) is 1. The number of piperidine rings is 1. The summed E-state index contributed by atoms with van der Waals surface area (Å²) in [6.07, 6.45) is 11.7. The van der Waals surface area contributed by atoms with Crippen LogP contribution in [0.5, 0.6) is 0 Å². The molecule has 0 bridgehead atoms. The van der Waals surface area contributed by atoms with Gasteiger partial charge < -0.3 is 24.4 Å². The molecule has 1 saturated carbocycles. The quantitative estimate of drug-likeness (QED) is 0.470. The third-order valence-electron chi connectivity index (χ3n) is 10.0. The van der Waals surface area contributed by atoms with E-state index in [1.165, 1.54) is 38.4 Å². The van der Waals surface area contributed by atoms with E-state index in [0.717, 1.165) is 44.4 Å². The van der Waals surface area contributed by atoms with Crippen LogP contribution in [0.15, 0.2) is 65.0 Å². The molecule has 1 aromatic carbocycles. The Morgan fingerprint density at radius 3 is 2.60 bits per heavy atom. The van der Waals surface area contributed by atoms with Crippen LogP contribution >= 0.6 is 0 Å². The molecule has 1 aliphatic carbocycles. The lowest BCUT2D eigenvalue weighted by atomic mass is 9.73. The predicted molar refractivity (Wildman–Crippen MR) is 150 cm³/mol. The van der Waals surface area contributed by atoms with Crippen LogP contribution in [0.1, 0.15) is 63.9 Å². The minimum atomic E-state index is -0.587. The number of carbonyl (C=O) groups excluding carboxylic acids is 1. The van der Waals surface area contributed by atoms with Gasteiger partial charge >= 0.3 is 5.97 Å².